The molecule has 2 N–H and O–H groups in total. The fourth-order valence-corrected chi connectivity index (χ4v) is 3.04. The third-order valence-corrected chi connectivity index (χ3v) is 4.48. The second-order valence-corrected chi connectivity index (χ2v) is 6.43. The SMILES string of the molecule is O=C(CNC(=O)c1ccc2c(c1)OCO2)NCCOc1cccc2ccccc12. The van der Waals surface area contributed by atoms with Gasteiger partial charge in [0, 0.05) is 10.9 Å². The Morgan fingerprint density at radius 3 is 2.69 bits per heavy atom. The summed E-state index contributed by atoms with van der Waals surface area (Å²) in [4.78, 5) is 24.1. The Balaban J connectivity index is 1.21. The van der Waals surface area contributed by atoms with Crippen molar-refractivity contribution in [3.05, 3.63) is 66.2 Å². The van der Waals surface area contributed by atoms with Gasteiger partial charge in [-0.2, -0.15) is 0 Å². The van der Waals surface area contributed by atoms with E-state index in [-0.39, 0.29) is 25.2 Å². The van der Waals surface area contributed by atoms with Crippen LogP contribution < -0.4 is 24.8 Å². The molecule has 4 rings (SSSR count). The topological polar surface area (TPSA) is 85.9 Å². The molecule has 29 heavy (non-hydrogen) atoms. The summed E-state index contributed by atoms with van der Waals surface area (Å²) in [5.41, 5.74) is 0.404. The van der Waals surface area contributed by atoms with Crippen LogP contribution >= 0.6 is 0 Å². The molecule has 0 atom stereocenters. The summed E-state index contributed by atoms with van der Waals surface area (Å²) >= 11 is 0. The second-order valence-electron chi connectivity index (χ2n) is 6.43. The molecule has 148 valence electrons. The lowest BCUT2D eigenvalue weighted by Crippen LogP contribution is -2.38. The van der Waals surface area contributed by atoms with Gasteiger partial charge in [-0.15, -0.1) is 0 Å². The molecule has 0 aliphatic carbocycles. The fourth-order valence-electron chi connectivity index (χ4n) is 3.04. The molecule has 3 aromatic rings. The molecular formula is C22H20N2O5. The predicted molar refractivity (Wildman–Crippen MR) is 107 cm³/mol. The van der Waals surface area contributed by atoms with E-state index in [1.54, 1.807) is 18.2 Å². The minimum atomic E-state index is -0.356. The van der Waals surface area contributed by atoms with Gasteiger partial charge in [0.25, 0.3) is 5.91 Å². The Labute approximate surface area is 167 Å². The number of hydrogen-bond donors (Lipinski definition) is 2. The van der Waals surface area contributed by atoms with Gasteiger partial charge in [-0.25, -0.2) is 0 Å². The highest BCUT2D eigenvalue weighted by Crippen LogP contribution is 2.32. The number of hydrogen-bond acceptors (Lipinski definition) is 5. The predicted octanol–water partition coefficient (Wildman–Crippen LogP) is 2.49. The summed E-state index contributed by atoms with van der Waals surface area (Å²) in [6, 6.07) is 18.7. The van der Waals surface area contributed by atoms with Crippen LogP contribution in [0.2, 0.25) is 0 Å². The van der Waals surface area contributed by atoms with Crippen molar-refractivity contribution in [1.29, 1.82) is 0 Å². The number of carbonyl (C=O) groups is 2. The Kier molecular flexibility index (Phi) is 5.47. The Morgan fingerprint density at radius 1 is 0.931 bits per heavy atom. The van der Waals surface area contributed by atoms with Gasteiger partial charge < -0.3 is 24.8 Å². The number of carbonyl (C=O) groups excluding carboxylic acids is 2. The zero-order valence-electron chi connectivity index (χ0n) is 15.6. The molecular weight excluding hydrogens is 372 g/mol. The van der Waals surface area contributed by atoms with Crippen LogP contribution in [0.3, 0.4) is 0 Å². The molecule has 0 saturated carbocycles. The van der Waals surface area contributed by atoms with Gasteiger partial charge in [0.2, 0.25) is 12.7 Å². The van der Waals surface area contributed by atoms with Crippen molar-refractivity contribution in [2.75, 3.05) is 26.5 Å². The zero-order chi connectivity index (χ0) is 20.1. The van der Waals surface area contributed by atoms with Gasteiger partial charge in [0.15, 0.2) is 11.5 Å². The monoisotopic (exact) mass is 392 g/mol. The molecule has 0 fully saturated rings. The largest absolute Gasteiger partial charge is 0.491 e. The lowest BCUT2D eigenvalue weighted by Gasteiger charge is -2.10. The van der Waals surface area contributed by atoms with Crippen LogP contribution in [0.5, 0.6) is 17.2 Å². The maximum absolute atomic E-state index is 12.2. The average Bonchev–Trinajstić information content (AvgIpc) is 3.23. The molecule has 1 heterocycles. The van der Waals surface area contributed by atoms with E-state index in [9.17, 15) is 9.59 Å². The van der Waals surface area contributed by atoms with Crippen molar-refractivity contribution in [3.8, 4) is 17.2 Å². The molecule has 0 unspecified atom stereocenters. The fraction of sp³-hybridized carbons (Fsp3) is 0.182. The first-order valence-corrected chi connectivity index (χ1v) is 9.26. The van der Waals surface area contributed by atoms with Crippen molar-refractivity contribution in [2.24, 2.45) is 0 Å². The average molecular weight is 392 g/mol. The van der Waals surface area contributed by atoms with Crippen molar-refractivity contribution in [2.45, 2.75) is 0 Å². The summed E-state index contributed by atoms with van der Waals surface area (Å²) in [5.74, 6) is 1.25. The summed E-state index contributed by atoms with van der Waals surface area (Å²) in [6.45, 7) is 0.684. The highest BCUT2D eigenvalue weighted by atomic mass is 16.7. The van der Waals surface area contributed by atoms with Crippen molar-refractivity contribution in [1.82, 2.24) is 10.6 Å². The van der Waals surface area contributed by atoms with E-state index in [0.29, 0.717) is 30.2 Å². The van der Waals surface area contributed by atoms with Crippen molar-refractivity contribution >= 4 is 22.6 Å². The van der Waals surface area contributed by atoms with Crippen LogP contribution in [0.1, 0.15) is 10.4 Å². The number of benzene rings is 3. The van der Waals surface area contributed by atoms with E-state index < -0.39 is 0 Å². The highest BCUT2D eigenvalue weighted by Gasteiger charge is 2.16. The first kappa shape index (κ1) is 18.6. The number of fused-ring (bicyclic) bond motifs is 2. The quantitative estimate of drug-likeness (QED) is 0.604. The molecule has 1 aliphatic rings. The van der Waals surface area contributed by atoms with Crippen LogP contribution in [-0.2, 0) is 4.79 Å². The normalized spacial score (nSPS) is 11.9. The molecule has 1 aliphatic heterocycles. The Bertz CT molecular complexity index is 1050. The first-order valence-electron chi connectivity index (χ1n) is 9.26. The molecule has 0 saturated heterocycles. The third kappa shape index (κ3) is 4.40. The van der Waals surface area contributed by atoms with E-state index in [4.69, 9.17) is 14.2 Å². The van der Waals surface area contributed by atoms with Crippen LogP contribution in [-0.4, -0.2) is 38.3 Å². The molecule has 7 heteroatoms. The lowest BCUT2D eigenvalue weighted by molar-refractivity contribution is -0.120. The number of rotatable bonds is 7. The summed E-state index contributed by atoms with van der Waals surface area (Å²) in [6.07, 6.45) is 0. The lowest BCUT2D eigenvalue weighted by atomic mass is 10.1. The maximum Gasteiger partial charge on any atom is 0.251 e. The summed E-state index contributed by atoms with van der Waals surface area (Å²) in [5, 5.41) is 7.43. The Hall–Kier alpha value is -3.74. The molecule has 0 radical (unpaired) electrons. The number of nitrogens with one attached hydrogen (secondary N) is 2. The number of amides is 2. The van der Waals surface area contributed by atoms with Crippen LogP contribution in [0, 0.1) is 0 Å². The van der Waals surface area contributed by atoms with E-state index >= 15 is 0 Å². The second kappa shape index (κ2) is 8.52. The van der Waals surface area contributed by atoms with Gasteiger partial charge in [-0.3, -0.25) is 9.59 Å². The molecule has 3 aromatic carbocycles. The van der Waals surface area contributed by atoms with Gasteiger partial charge in [-0.1, -0.05) is 36.4 Å². The standard InChI is InChI=1S/C22H20N2O5/c25-21(13-24-22(26)16-8-9-19-20(12-16)29-14-28-19)23-10-11-27-18-7-3-5-15-4-1-2-6-17(15)18/h1-9,12H,10-11,13-14H2,(H,23,25)(H,24,26). The molecule has 7 nitrogen and oxygen atoms in total. The third-order valence-electron chi connectivity index (χ3n) is 4.48. The number of ether oxygens (including phenoxy) is 3. The minimum Gasteiger partial charge on any atom is -0.491 e. The van der Waals surface area contributed by atoms with Gasteiger partial charge in [0.05, 0.1) is 13.1 Å². The highest BCUT2D eigenvalue weighted by molar-refractivity contribution is 5.97. The Morgan fingerprint density at radius 2 is 1.76 bits per heavy atom. The van der Waals surface area contributed by atoms with E-state index in [0.717, 1.165) is 16.5 Å². The van der Waals surface area contributed by atoms with Crippen LogP contribution in [0.25, 0.3) is 10.8 Å². The molecule has 0 aromatic heterocycles. The maximum atomic E-state index is 12.2. The van der Waals surface area contributed by atoms with Crippen LogP contribution in [0.15, 0.2) is 60.7 Å². The van der Waals surface area contributed by atoms with E-state index in [1.165, 1.54) is 0 Å². The van der Waals surface area contributed by atoms with E-state index in [2.05, 4.69) is 10.6 Å². The van der Waals surface area contributed by atoms with Gasteiger partial charge in [-0.05, 0) is 29.7 Å². The summed E-state index contributed by atoms with van der Waals surface area (Å²) in [7, 11) is 0. The van der Waals surface area contributed by atoms with Crippen molar-refractivity contribution < 1.29 is 23.8 Å². The zero-order valence-corrected chi connectivity index (χ0v) is 15.6. The molecule has 2 amide bonds. The van der Waals surface area contributed by atoms with Crippen LogP contribution in [0.4, 0.5) is 0 Å². The molecule has 0 spiro atoms. The first-order chi connectivity index (χ1) is 14.2. The molecule has 0 bridgehead atoms. The van der Waals surface area contributed by atoms with Crippen molar-refractivity contribution in [3.63, 3.8) is 0 Å². The smallest absolute Gasteiger partial charge is 0.251 e. The minimum absolute atomic E-state index is 0.123. The van der Waals surface area contributed by atoms with Gasteiger partial charge >= 0.3 is 0 Å². The summed E-state index contributed by atoms with van der Waals surface area (Å²) < 4.78 is 16.2. The van der Waals surface area contributed by atoms with Gasteiger partial charge in [0.1, 0.15) is 12.4 Å². The van der Waals surface area contributed by atoms with E-state index in [1.807, 2.05) is 42.5 Å².